The number of halogens is 1. The Balaban J connectivity index is 1.84. The first kappa shape index (κ1) is 11.8. The monoisotopic (exact) mass is 296 g/mol. The number of aryl methyl sites for hydroxylation is 1. The molecule has 0 radical (unpaired) electrons. The van der Waals surface area contributed by atoms with Gasteiger partial charge in [-0.15, -0.1) is 11.3 Å². The van der Waals surface area contributed by atoms with Gasteiger partial charge in [0.15, 0.2) is 0 Å². The number of rotatable bonds is 4. The summed E-state index contributed by atoms with van der Waals surface area (Å²) in [5, 5.41) is 6.61. The van der Waals surface area contributed by atoms with E-state index in [2.05, 4.69) is 43.7 Å². The molecule has 16 heavy (non-hydrogen) atoms. The molecule has 0 bridgehead atoms. The highest BCUT2D eigenvalue weighted by Crippen LogP contribution is 2.12. The van der Waals surface area contributed by atoms with Gasteiger partial charge in [-0.25, -0.2) is 4.98 Å². The Morgan fingerprint density at radius 2 is 2.25 bits per heavy atom. The number of benzene rings is 1. The Labute approximate surface area is 108 Å². The first-order valence-electron chi connectivity index (χ1n) is 5.10. The smallest absolute Gasteiger partial charge is 0.0897 e. The van der Waals surface area contributed by atoms with E-state index in [1.165, 1.54) is 5.56 Å². The molecule has 0 amide bonds. The molecule has 0 saturated carbocycles. The van der Waals surface area contributed by atoms with Crippen molar-refractivity contribution in [3.8, 4) is 0 Å². The third-order valence-corrected chi connectivity index (χ3v) is 3.51. The van der Waals surface area contributed by atoms with E-state index in [1.807, 2.05) is 19.1 Å². The lowest BCUT2D eigenvalue weighted by atomic mass is 10.2. The third kappa shape index (κ3) is 3.40. The van der Waals surface area contributed by atoms with Crippen molar-refractivity contribution >= 4 is 27.3 Å². The van der Waals surface area contributed by atoms with Crippen LogP contribution in [-0.2, 0) is 13.1 Å². The van der Waals surface area contributed by atoms with Crippen LogP contribution in [0.1, 0.15) is 16.3 Å². The highest BCUT2D eigenvalue weighted by atomic mass is 79.9. The summed E-state index contributed by atoms with van der Waals surface area (Å²) in [5.74, 6) is 0. The molecule has 0 aliphatic carbocycles. The van der Waals surface area contributed by atoms with E-state index in [9.17, 15) is 0 Å². The fraction of sp³-hybridized carbons (Fsp3) is 0.250. The van der Waals surface area contributed by atoms with Gasteiger partial charge in [0, 0.05) is 22.9 Å². The van der Waals surface area contributed by atoms with Gasteiger partial charge in [0.05, 0.1) is 10.7 Å². The van der Waals surface area contributed by atoms with Gasteiger partial charge < -0.3 is 5.32 Å². The Kier molecular flexibility index (Phi) is 4.09. The minimum atomic E-state index is 0.830. The average molecular weight is 297 g/mol. The van der Waals surface area contributed by atoms with Crippen LogP contribution >= 0.6 is 27.3 Å². The lowest BCUT2D eigenvalue weighted by Crippen LogP contribution is -2.12. The molecule has 1 aromatic heterocycles. The number of aromatic nitrogens is 1. The second-order valence-corrected chi connectivity index (χ2v) is 5.57. The maximum Gasteiger partial charge on any atom is 0.0897 e. The molecule has 0 unspecified atom stereocenters. The van der Waals surface area contributed by atoms with Gasteiger partial charge in [-0.05, 0) is 24.6 Å². The van der Waals surface area contributed by atoms with Crippen molar-refractivity contribution in [1.82, 2.24) is 10.3 Å². The molecule has 0 aliphatic rings. The van der Waals surface area contributed by atoms with E-state index in [1.54, 1.807) is 11.3 Å². The van der Waals surface area contributed by atoms with E-state index >= 15 is 0 Å². The molecule has 2 aromatic rings. The van der Waals surface area contributed by atoms with E-state index in [0.29, 0.717) is 0 Å². The SMILES string of the molecule is Cc1nc(CNCc2cccc(Br)c2)cs1. The van der Waals surface area contributed by atoms with E-state index in [4.69, 9.17) is 0 Å². The highest BCUT2D eigenvalue weighted by Gasteiger charge is 1.98. The van der Waals surface area contributed by atoms with Crippen LogP contribution in [0.5, 0.6) is 0 Å². The van der Waals surface area contributed by atoms with Gasteiger partial charge in [0.2, 0.25) is 0 Å². The summed E-state index contributed by atoms with van der Waals surface area (Å²) in [7, 11) is 0. The zero-order chi connectivity index (χ0) is 11.4. The first-order valence-corrected chi connectivity index (χ1v) is 6.77. The minimum Gasteiger partial charge on any atom is -0.307 e. The summed E-state index contributed by atoms with van der Waals surface area (Å²) in [4.78, 5) is 4.41. The molecule has 0 fully saturated rings. The van der Waals surface area contributed by atoms with Crippen LogP contribution in [0.25, 0.3) is 0 Å². The number of thiazole rings is 1. The van der Waals surface area contributed by atoms with Crippen LogP contribution in [0.2, 0.25) is 0 Å². The molecule has 0 saturated heterocycles. The van der Waals surface area contributed by atoms with Gasteiger partial charge in [0.25, 0.3) is 0 Å². The maximum atomic E-state index is 4.41. The Bertz CT molecular complexity index is 468. The lowest BCUT2D eigenvalue weighted by Gasteiger charge is -2.03. The molecule has 4 heteroatoms. The summed E-state index contributed by atoms with van der Waals surface area (Å²) in [6.45, 7) is 3.73. The summed E-state index contributed by atoms with van der Waals surface area (Å²) in [6.07, 6.45) is 0. The molecule has 0 atom stereocenters. The zero-order valence-electron chi connectivity index (χ0n) is 9.03. The van der Waals surface area contributed by atoms with E-state index < -0.39 is 0 Å². The molecule has 2 nitrogen and oxygen atoms in total. The van der Waals surface area contributed by atoms with Crippen molar-refractivity contribution in [3.05, 3.63) is 50.4 Å². The average Bonchev–Trinajstić information content (AvgIpc) is 2.64. The second-order valence-electron chi connectivity index (χ2n) is 3.59. The fourth-order valence-electron chi connectivity index (χ4n) is 1.47. The van der Waals surface area contributed by atoms with Crippen LogP contribution in [0.3, 0.4) is 0 Å². The standard InChI is InChI=1S/C12H13BrN2S/c1-9-15-12(8-16-9)7-14-6-10-3-2-4-11(13)5-10/h2-5,8,14H,6-7H2,1H3. The van der Waals surface area contributed by atoms with Crippen LogP contribution in [0.15, 0.2) is 34.1 Å². The number of nitrogens with zero attached hydrogens (tertiary/aromatic N) is 1. The summed E-state index contributed by atoms with van der Waals surface area (Å²) >= 11 is 5.16. The normalized spacial score (nSPS) is 10.6. The van der Waals surface area contributed by atoms with Crippen molar-refractivity contribution < 1.29 is 0 Å². The third-order valence-electron chi connectivity index (χ3n) is 2.19. The molecule has 84 valence electrons. The van der Waals surface area contributed by atoms with Crippen molar-refractivity contribution in [1.29, 1.82) is 0 Å². The second kappa shape index (κ2) is 5.57. The van der Waals surface area contributed by atoms with Gasteiger partial charge in [-0.3, -0.25) is 0 Å². The quantitative estimate of drug-likeness (QED) is 0.934. The van der Waals surface area contributed by atoms with Gasteiger partial charge in [0.1, 0.15) is 0 Å². The molecular weight excluding hydrogens is 284 g/mol. The molecular formula is C12H13BrN2S. The van der Waals surface area contributed by atoms with Gasteiger partial charge >= 0.3 is 0 Å². The molecule has 1 N–H and O–H groups in total. The van der Waals surface area contributed by atoms with Crippen LogP contribution in [-0.4, -0.2) is 4.98 Å². The number of hydrogen-bond donors (Lipinski definition) is 1. The van der Waals surface area contributed by atoms with Crippen molar-refractivity contribution in [3.63, 3.8) is 0 Å². The summed E-state index contributed by atoms with van der Waals surface area (Å²) in [6, 6.07) is 8.32. The van der Waals surface area contributed by atoms with Crippen LogP contribution in [0, 0.1) is 6.92 Å². The maximum absolute atomic E-state index is 4.41. The predicted octanol–water partition coefficient (Wildman–Crippen LogP) is 3.50. The van der Waals surface area contributed by atoms with E-state index in [0.717, 1.165) is 28.3 Å². The summed E-state index contributed by atoms with van der Waals surface area (Å²) in [5.41, 5.74) is 2.40. The molecule has 2 rings (SSSR count). The number of nitrogens with one attached hydrogen (secondary N) is 1. The highest BCUT2D eigenvalue weighted by molar-refractivity contribution is 9.10. The predicted molar refractivity (Wildman–Crippen MR) is 71.5 cm³/mol. The molecule has 1 heterocycles. The molecule has 0 aliphatic heterocycles. The Morgan fingerprint density at radius 3 is 2.94 bits per heavy atom. The minimum absolute atomic E-state index is 0.830. The van der Waals surface area contributed by atoms with Gasteiger partial charge in [-0.1, -0.05) is 28.1 Å². The Morgan fingerprint density at radius 1 is 1.38 bits per heavy atom. The number of hydrogen-bond acceptors (Lipinski definition) is 3. The van der Waals surface area contributed by atoms with Crippen LogP contribution in [0.4, 0.5) is 0 Å². The summed E-state index contributed by atoms with van der Waals surface area (Å²) < 4.78 is 1.12. The van der Waals surface area contributed by atoms with Crippen molar-refractivity contribution in [2.24, 2.45) is 0 Å². The topological polar surface area (TPSA) is 24.9 Å². The fourth-order valence-corrected chi connectivity index (χ4v) is 2.53. The van der Waals surface area contributed by atoms with Crippen LogP contribution < -0.4 is 5.32 Å². The van der Waals surface area contributed by atoms with Gasteiger partial charge in [-0.2, -0.15) is 0 Å². The largest absolute Gasteiger partial charge is 0.307 e. The zero-order valence-corrected chi connectivity index (χ0v) is 11.4. The molecule has 1 aromatic carbocycles. The molecule has 0 spiro atoms. The van der Waals surface area contributed by atoms with E-state index in [-0.39, 0.29) is 0 Å². The lowest BCUT2D eigenvalue weighted by molar-refractivity contribution is 0.681. The Hall–Kier alpha value is -0.710. The first-order chi connectivity index (χ1) is 7.74. The van der Waals surface area contributed by atoms with Crippen molar-refractivity contribution in [2.75, 3.05) is 0 Å². The van der Waals surface area contributed by atoms with Crippen molar-refractivity contribution in [2.45, 2.75) is 20.0 Å².